The standard InChI is InChI=1S/C20H22ClN3O4/c1-10-18(11(2)24(23-10)9-12-5-3-4-6-13(12)21)22-19(25)16-14-7-8-15(28-14)17(16)20(26)27/h3-6,14-17H,7-9H2,1-2H3,(H,22,25)(H,26,27)/t14-,15+,16+,17+/m1/s1. The molecule has 4 rings (SSSR count). The number of hydrogen-bond donors (Lipinski definition) is 2. The van der Waals surface area contributed by atoms with Crippen molar-refractivity contribution >= 4 is 29.2 Å². The molecule has 2 aliphatic heterocycles. The fourth-order valence-electron chi connectivity index (χ4n) is 4.35. The fourth-order valence-corrected chi connectivity index (χ4v) is 4.55. The van der Waals surface area contributed by atoms with Crippen molar-refractivity contribution < 1.29 is 19.4 Å². The van der Waals surface area contributed by atoms with E-state index in [1.165, 1.54) is 0 Å². The molecular weight excluding hydrogens is 382 g/mol. The van der Waals surface area contributed by atoms with Crippen molar-refractivity contribution in [3.63, 3.8) is 0 Å². The summed E-state index contributed by atoms with van der Waals surface area (Å²) in [5, 5.41) is 17.6. The molecule has 0 saturated carbocycles. The Hall–Kier alpha value is -2.38. The van der Waals surface area contributed by atoms with Crippen LogP contribution in [0.25, 0.3) is 0 Å². The third-order valence-electron chi connectivity index (χ3n) is 5.77. The van der Waals surface area contributed by atoms with Crippen LogP contribution in [0.1, 0.15) is 29.8 Å². The molecule has 1 amide bonds. The summed E-state index contributed by atoms with van der Waals surface area (Å²) in [4.78, 5) is 24.6. The Morgan fingerprint density at radius 2 is 1.93 bits per heavy atom. The predicted octanol–water partition coefficient (Wildman–Crippen LogP) is 3.02. The number of benzene rings is 1. The molecule has 1 aromatic heterocycles. The second-order valence-corrected chi connectivity index (χ2v) is 7.87. The predicted molar refractivity (Wildman–Crippen MR) is 103 cm³/mol. The van der Waals surface area contributed by atoms with E-state index < -0.39 is 17.8 Å². The number of aliphatic carboxylic acids is 1. The van der Waals surface area contributed by atoms with Crippen LogP contribution in [-0.2, 0) is 20.9 Å². The summed E-state index contributed by atoms with van der Waals surface area (Å²) in [6.07, 6.45) is 0.712. The average molecular weight is 404 g/mol. The average Bonchev–Trinajstić information content (AvgIpc) is 3.33. The van der Waals surface area contributed by atoms with E-state index in [1.807, 2.05) is 38.1 Å². The number of rotatable bonds is 5. The highest BCUT2D eigenvalue weighted by molar-refractivity contribution is 6.31. The number of aryl methyl sites for hydroxylation is 1. The van der Waals surface area contributed by atoms with Gasteiger partial charge in [0.2, 0.25) is 5.91 Å². The second kappa shape index (κ2) is 7.22. The normalized spacial score (nSPS) is 25.8. The molecule has 148 valence electrons. The first-order chi connectivity index (χ1) is 13.4. The van der Waals surface area contributed by atoms with E-state index in [4.69, 9.17) is 16.3 Å². The van der Waals surface area contributed by atoms with Gasteiger partial charge in [0.1, 0.15) is 0 Å². The molecule has 2 N–H and O–H groups in total. The lowest BCUT2D eigenvalue weighted by Crippen LogP contribution is -2.41. The van der Waals surface area contributed by atoms with Gasteiger partial charge >= 0.3 is 5.97 Å². The Balaban J connectivity index is 1.55. The number of halogens is 1. The molecule has 2 aliphatic rings. The number of anilines is 1. The van der Waals surface area contributed by atoms with Gasteiger partial charge < -0.3 is 15.2 Å². The number of hydrogen-bond acceptors (Lipinski definition) is 4. The van der Waals surface area contributed by atoms with Crippen molar-refractivity contribution in [1.82, 2.24) is 9.78 Å². The molecule has 8 heteroatoms. The molecule has 4 atom stereocenters. The monoisotopic (exact) mass is 403 g/mol. The van der Waals surface area contributed by atoms with Crippen LogP contribution in [0.3, 0.4) is 0 Å². The molecule has 7 nitrogen and oxygen atoms in total. The number of carboxylic acids is 1. The smallest absolute Gasteiger partial charge is 0.310 e. The van der Waals surface area contributed by atoms with Gasteiger partial charge in [0, 0.05) is 5.02 Å². The van der Waals surface area contributed by atoms with Gasteiger partial charge in [-0.25, -0.2) is 0 Å². The van der Waals surface area contributed by atoms with Gasteiger partial charge in [0.05, 0.1) is 47.7 Å². The first kappa shape index (κ1) is 19.0. The summed E-state index contributed by atoms with van der Waals surface area (Å²) >= 11 is 6.24. The minimum atomic E-state index is -0.977. The molecular formula is C20H22ClN3O4. The van der Waals surface area contributed by atoms with Gasteiger partial charge in [-0.15, -0.1) is 0 Å². The maximum absolute atomic E-state index is 12.9. The van der Waals surface area contributed by atoms with Gasteiger partial charge in [-0.1, -0.05) is 29.8 Å². The number of nitrogens with one attached hydrogen (secondary N) is 1. The molecule has 2 bridgehead atoms. The highest BCUT2D eigenvalue weighted by Gasteiger charge is 2.55. The maximum atomic E-state index is 12.9. The maximum Gasteiger partial charge on any atom is 0.310 e. The molecule has 0 spiro atoms. The number of ether oxygens (including phenoxy) is 1. The molecule has 2 aromatic rings. The van der Waals surface area contributed by atoms with Crippen molar-refractivity contribution in [3.8, 4) is 0 Å². The second-order valence-electron chi connectivity index (χ2n) is 7.46. The molecule has 1 aromatic carbocycles. The molecule has 0 aliphatic carbocycles. The van der Waals surface area contributed by atoms with Crippen molar-refractivity contribution in [1.29, 1.82) is 0 Å². The summed E-state index contributed by atoms with van der Waals surface area (Å²) in [7, 11) is 0. The lowest BCUT2D eigenvalue weighted by Gasteiger charge is -2.23. The van der Waals surface area contributed by atoms with Gasteiger partial charge in [0.25, 0.3) is 0 Å². The zero-order valence-corrected chi connectivity index (χ0v) is 16.4. The molecule has 0 radical (unpaired) electrons. The van der Waals surface area contributed by atoms with Crippen molar-refractivity contribution in [2.75, 3.05) is 5.32 Å². The fraction of sp³-hybridized carbons (Fsp3) is 0.450. The Kier molecular flexibility index (Phi) is 4.89. The van der Waals surface area contributed by atoms with Crippen LogP contribution in [0.2, 0.25) is 5.02 Å². The van der Waals surface area contributed by atoms with E-state index >= 15 is 0 Å². The highest BCUT2D eigenvalue weighted by Crippen LogP contribution is 2.44. The SMILES string of the molecule is Cc1nn(Cc2ccccc2Cl)c(C)c1NC(=O)[C@@H]1[C@@H](C(=O)O)[C@@H]2CC[C@H]1O2. The number of carbonyl (C=O) groups excluding carboxylic acids is 1. The Morgan fingerprint density at radius 1 is 1.25 bits per heavy atom. The quantitative estimate of drug-likeness (QED) is 0.800. The summed E-state index contributed by atoms with van der Waals surface area (Å²) in [6, 6.07) is 7.54. The summed E-state index contributed by atoms with van der Waals surface area (Å²) in [5.74, 6) is -2.77. The Bertz CT molecular complexity index is 942. The summed E-state index contributed by atoms with van der Waals surface area (Å²) in [6.45, 7) is 4.17. The zero-order valence-electron chi connectivity index (χ0n) is 15.7. The van der Waals surface area contributed by atoms with Crippen LogP contribution >= 0.6 is 11.6 Å². The van der Waals surface area contributed by atoms with Crippen LogP contribution in [0.4, 0.5) is 5.69 Å². The third-order valence-corrected chi connectivity index (χ3v) is 6.14. The van der Waals surface area contributed by atoms with Crippen LogP contribution in [-0.4, -0.2) is 39.0 Å². The van der Waals surface area contributed by atoms with Gasteiger partial charge in [0.15, 0.2) is 0 Å². The summed E-state index contributed by atoms with van der Waals surface area (Å²) in [5.41, 5.74) is 3.01. The lowest BCUT2D eigenvalue weighted by molar-refractivity contribution is -0.147. The summed E-state index contributed by atoms with van der Waals surface area (Å²) < 4.78 is 7.49. The number of amides is 1. The number of nitrogens with zero attached hydrogens (tertiary/aromatic N) is 2. The van der Waals surface area contributed by atoms with E-state index in [-0.39, 0.29) is 18.1 Å². The number of aromatic nitrogens is 2. The van der Waals surface area contributed by atoms with E-state index in [1.54, 1.807) is 4.68 Å². The highest BCUT2D eigenvalue weighted by atomic mass is 35.5. The van der Waals surface area contributed by atoms with Crippen LogP contribution in [0.15, 0.2) is 24.3 Å². The lowest BCUT2D eigenvalue weighted by atomic mass is 9.78. The van der Waals surface area contributed by atoms with Gasteiger partial charge in [-0.3, -0.25) is 14.3 Å². The van der Waals surface area contributed by atoms with Crippen molar-refractivity contribution in [2.45, 2.75) is 45.4 Å². The first-order valence-corrected chi connectivity index (χ1v) is 9.71. The largest absolute Gasteiger partial charge is 0.481 e. The van der Waals surface area contributed by atoms with Gasteiger partial charge in [-0.2, -0.15) is 5.10 Å². The van der Waals surface area contributed by atoms with E-state index in [2.05, 4.69) is 10.4 Å². The number of fused-ring (bicyclic) bond motifs is 2. The van der Waals surface area contributed by atoms with Crippen LogP contribution in [0.5, 0.6) is 0 Å². The topological polar surface area (TPSA) is 93.5 Å². The number of carbonyl (C=O) groups is 2. The van der Waals surface area contributed by atoms with Crippen molar-refractivity contribution in [3.05, 3.63) is 46.2 Å². The molecule has 0 unspecified atom stereocenters. The van der Waals surface area contributed by atoms with E-state index in [0.29, 0.717) is 29.4 Å². The Morgan fingerprint density at radius 3 is 2.61 bits per heavy atom. The van der Waals surface area contributed by atoms with E-state index in [9.17, 15) is 14.7 Å². The molecule has 2 fully saturated rings. The van der Waals surface area contributed by atoms with Crippen molar-refractivity contribution in [2.24, 2.45) is 11.8 Å². The molecule has 28 heavy (non-hydrogen) atoms. The minimum Gasteiger partial charge on any atom is -0.481 e. The third kappa shape index (κ3) is 3.18. The van der Waals surface area contributed by atoms with Crippen LogP contribution < -0.4 is 5.32 Å². The minimum absolute atomic E-state index is 0.317. The molecule has 2 saturated heterocycles. The van der Waals surface area contributed by atoms with Gasteiger partial charge in [-0.05, 0) is 38.3 Å². The zero-order chi connectivity index (χ0) is 20.0. The molecule has 3 heterocycles. The number of carboxylic acid groups (broad SMARTS) is 1. The van der Waals surface area contributed by atoms with E-state index in [0.717, 1.165) is 17.7 Å². The Labute approximate surface area is 167 Å². The van der Waals surface area contributed by atoms with Crippen LogP contribution in [0, 0.1) is 25.7 Å². The first-order valence-electron chi connectivity index (χ1n) is 9.33.